The van der Waals surface area contributed by atoms with Crippen molar-refractivity contribution in [1.29, 1.82) is 0 Å². The van der Waals surface area contributed by atoms with Gasteiger partial charge >= 0.3 is 18.0 Å². The first-order valence-electron chi connectivity index (χ1n) is 14.0. The van der Waals surface area contributed by atoms with Gasteiger partial charge in [0.1, 0.15) is 31.0 Å². The normalized spacial score (nSPS) is 12.0. The number of ether oxygens (including phenoxy) is 5. The number of azide groups is 1. The van der Waals surface area contributed by atoms with Crippen molar-refractivity contribution in [3.05, 3.63) is 70.1 Å². The molecule has 2 aromatic rings. The molecule has 0 spiro atoms. The summed E-state index contributed by atoms with van der Waals surface area (Å²) in [6, 6.07) is 16.4. The Hall–Kier alpha value is -4.12. The fourth-order valence-electron chi connectivity index (χ4n) is 4.08. The summed E-state index contributed by atoms with van der Waals surface area (Å²) in [5.41, 5.74) is 11.6. The Morgan fingerprint density at radius 3 is 1.79 bits per heavy atom. The number of hydrogen-bond donors (Lipinski definition) is 1. The molecule has 0 heterocycles. The SMILES string of the molecule is CC(C)(C)OC(=O)COCCN=[N+]=[N-].CC(C)(C)OC(=O)COCCNC(=O)OCC1c2ccccc2-c2ccccc21. The second-order valence-electron chi connectivity index (χ2n) is 11.5. The molecule has 234 valence electrons. The first-order valence-corrected chi connectivity index (χ1v) is 14.0. The van der Waals surface area contributed by atoms with E-state index in [0.29, 0.717) is 0 Å². The van der Waals surface area contributed by atoms with Crippen LogP contribution >= 0.6 is 0 Å². The zero-order valence-corrected chi connectivity index (χ0v) is 25.8. The van der Waals surface area contributed by atoms with Crippen LogP contribution in [0.15, 0.2) is 53.6 Å². The van der Waals surface area contributed by atoms with Gasteiger partial charge in [-0.1, -0.05) is 53.6 Å². The molecule has 1 aliphatic carbocycles. The summed E-state index contributed by atoms with van der Waals surface area (Å²) in [7, 11) is 0. The summed E-state index contributed by atoms with van der Waals surface area (Å²) in [4.78, 5) is 37.2. The van der Waals surface area contributed by atoms with Gasteiger partial charge in [0.2, 0.25) is 0 Å². The number of carbonyl (C=O) groups excluding carboxylic acids is 3. The minimum Gasteiger partial charge on any atom is -0.458 e. The number of carbonyl (C=O) groups is 3. The lowest BCUT2D eigenvalue weighted by molar-refractivity contribution is -0.161. The third-order valence-corrected chi connectivity index (χ3v) is 5.54. The average Bonchev–Trinajstić information content (AvgIpc) is 3.23. The van der Waals surface area contributed by atoms with E-state index in [4.69, 9.17) is 29.2 Å². The first-order chi connectivity index (χ1) is 20.3. The molecule has 3 rings (SSSR count). The molecule has 0 fully saturated rings. The van der Waals surface area contributed by atoms with E-state index in [9.17, 15) is 14.4 Å². The molecule has 0 unspecified atom stereocenters. The van der Waals surface area contributed by atoms with Gasteiger partial charge in [-0.25, -0.2) is 14.4 Å². The Bertz CT molecular complexity index is 1220. The van der Waals surface area contributed by atoms with Crippen molar-refractivity contribution >= 4 is 18.0 Å². The maximum Gasteiger partial charge on any atom is 0.407 e. The van der Waals surface area contributed by atoms with Crippen LogP contribution in [0.3, 0.4) is 0 Å². The quantitative estimate of drug-likeness (QED) is 0.0833. The Kier molecular flexibility index (Phi) is 14.0. The molecule has 12 heteroatoms. The second kappa shape index (κ2) is 17.1. The van der Waals surface area contributed by atoms with Gasteiger partial charge in [0.15, 0.2) is 0 Å². The van der Waals surface area contributed by atoms with Crippen LogP contribution in [-0.4, -0.2) is 75.4 Å². The molecule has 1 amide bonds. The number of benzene rings is 2. The maximum atomic E-state index is 12.0. The molecule has 0 saturated carbocycles. The topological polar surface area (TPSA) is 158 Å². The maximum absolute atomic E-state index is 12.0. The first kappa shape index (κ1) is 35.1. The molecular formula is C31H42N4O8. The van der Waals surface area contributed by atoms with E-state index in [1.54, 1.807) is 41.5 Å². The van der Waals surface area contributed by atoms with Crippen LogP contribution < -0.4 is 5.32 Å². The van der Waals surface area contributed by atoms with Crippen molar-refractivity contribution in [2.45, 2.75) is 58.7 Å². The third kappa shape index (κ3) is 13.6. The highest BCUT2D eigenvalue weighted by Crippen LogP contribution is 2.44. The lowest BCUT2D eigenvalue weighted by Crippen LogP contribution is -2.31. The second-order valence-corrected chi connectivity index (χ2v) is 11.5. The molecule has 1 N–H and O–H groups in total. The summed E-state index contributed by atoms with van der Waals surface area (Å²) in [5.74, 6) is -0.825. The number of nitrogens with zero attached hydrogens (tertiary/aromatic N) is 3. The molecule has 12 nitrogen and oxygen atoms in total. The Labute approximate surface area is 252 Å². The molecular weight excluding hydrogens is 556 g/mol. The van der Waals surface area contributed by atoms with Gasteiger partial charge in [0.25, 0.3) is 0 Å². The predicted octanol–water partition coefficient (Wildman–Crippen LogP) is 5.54. The molecule has 0 bridgehead atoms. The smallest absolute Gasteiger partial charge is 0.407 e. The molecule has 43 heavy (non-hydrogen) atoms. The molecule has 0 saturated heterocycles. The van der Waals surface area contributed by atoms with Gasteiger partial charge in [-0.2, -0.15) is 0 Å². The largest absolute Gasteiger partial charge is 0.458 e. The highest BCUT2D eigenvalue weighted by molar-refractivity contribution is 5.79. The van der Waals surface area contributed by atoms with Crippen molar-refractivity contribution in [3.8, 4) is 11.1 Å². The minimum atomic E-state index is -0.542. The number of nitrogens with one attached hydrogen (secondary N) is 1. The van der Waals surface area contributed by atoms with E-state index in [1.807, 2.05) is 24.3 Å². The van der Waals surface area contributed by atoms with Crippen molar-refractivity contribution < 1.29 is 38.1 Å². The number of esters is 2. The molecule has 0 aliphatic heterocycles. The van der Waals surface area contributed by atoms with E-state index in [-0.39, 0.29) is 52.0 Å². The lowest BCUT2D eigenvalue weighted by atomic mass is 9.98. The van der Waals surface area contributed by atoms with E-state index >= 15 is 0 Å². The van der Waals surface area contributed by atoms with Crippen LogP contribution in [0.4, 0.5) is 4.79 Å². The van der Waals surface area contributed by atoms with Crippen LogP contribution in [0.25, 0.3) is 21.6 Å². The molecule has 0 radical (unpaired) electrons. The summed E-state index contributed by atoms with van der Waals surface area (Å²) >= 11 is 0. The van der Waals surface area contributed by atoms with E-state index in [1.165, 1.54) is 22.3 Å². The highest BCUT2D eigenvalue weighted by Gasteiger charge is 2.29. The monoisotopic (exact) mass is 598 g/mol. The van der Waals surface area contributed by atoms with Crippen LogP contribution in [0.2, 0.25) is 0 Å². The van der Waals surface area contributed by atoms with Crippen molar-refractivity contribution in [2.75, 3.05) is 46.1 Å². The fraction of sp³-hybridized carbons (Fsp3) is 0.516. The highest BCUT2D eigenvalue weighted by atomic mass is 16.6. The van der Waals surface area contributed by atoms with Gasteiger partial charge in [0, 0.05) is 23.9 Å². The van der Waals surface area contributed by atoms with Crippen LogP contribution in [-0.2, 0) is 33.3 Å². The summed E-state index contributed by atoms with van der Waals surface area (Å²) in [6.07, 6.45) is -0.507. The van der Waals surface area contributed by atoms with Crippen molar-refractivity contribution in [2.24, 2.45) is 5.11 Å². The van der Waals surface area contributed by atoms with Gasteiger partial charge in [-0.3, -0.25) is 0 Å². The van der Waals surface area contributed by atoms with Crippen molar-refractivity contribution in [1.82, 2.24) is 5.32 Å². The fourth-order valence-corrected chi connectivity index (χ4v) is 4.08. The zero-order chi connectivity index (χ0) is 31.9. The van der Waals surface area contributed by atoms with Gasteiger partial charge in [0.05, 0.1) is 13.2 Å². The number of hydrogen-bond acceptors (Lipinski definition) is 9. The molecule has 0 atom stereocenters. The number of alkyl carbamates (subject to hydrolysis) is 1. The van der Waals surface area contributed by atoms with Crippen molar-refractivity contribution in [3.63, 3.8) is 0 Å². The van der Waals surface area contributed by atoms with Gasteiger partial charge in [-0.15, -0.1) is 0 Å². The Morgan fingerprint density at radius 1 is 0.814 bits per heavy atom. The number of fused-ring (bicyclic) bond motifs is 3. The van der Waals surface area contributed by atoms with Crippen LogP contribution in [0, 0.1) is 0 Å². The number of amides is 1. The van der Waals surface area contributed by atoms with E-state index in [2.05, 4.69) is 39.6 Å². The molecule has 2 aromatic carbocycles. The zero-order valence-electron chi connectivity index (χ0n) is 25.8. The van der Waals surface area contributed by atoms with E-state index < -0.39 is 29.2 Å². The summed E-state index contributed by atoms with van der Waals surface area (Å²) < 4.78 is 25.7. The lowest BCUT2D eigenvalue weighted by Gasteiger charge is -2.19. The standard InChI is InChI=1S/C23H27NO5.C8H15N3O3/c1-23(2,3)29-21(25)15-27-13-12-24-22(26)28-14-20-18-10-6-4-8-16(18)17-9-5-7-11-19(17)20;1-8(2,3)14-7(12)6-13-5-4-10-11-9/h4-11,20H,12-15H2,1-3H3,(H,24,26);4-6H2,1-3H3. The summed E-state index contributed by atoms with van der Waals surface area (Å²) in [6.45, 7) is 11.6. The van der Waals surface area contributed by atoms with Gasteiger partial charge < -0.3 is 29.0 Å². The predicted molar refractivity (Wildman–Crippen MR) is 160 cm³/mol. The Balaban J connectivity index is 0.000000391. The van der Waals surface area contributed by atoms with Crippen LogP contribution in [0.1, 0.15) is 58.6 Å². The molecule has 1 aliphatic rings. The van der Waals surface area contributed by atoms with E-state index in [0.717, 1.165) is 0 Å². The minimum absolute atomic E-state index is 0.0246. The molecule has 0 aromatic heterocycles. The third-order valence-electron chi connectivity index (χ3n) is 5.54. The average molecular weight is 599 g/mol. The number of rotatable bonds is 12. The summed E-state index contributed by atoms with van der Waals surface area (Å²) in [5, 5.41) is 5.88. The van der Waals surface area contributed by atoms with Crippen LogP contribution in [0.5, 0.6) is 0 Å². The Morgan fingerprint density at radius 2 is 1.30 bits per heavy atom. The van der Waals surface area contributed by atoms with Gasteiger partial charge in [-0.05, 0) is 69.3 Å².